The standard InChI is InChI=1S/C24H27N3O3S2/c1-14-7-8-18(15(2)13-14)27-23(29)20-17-5-4-6-19(17)32-21(20)25-24(27)31-16(3)22(28)26-9-11-30-12-10-26/h7-8,13,16H,4-6,9-12H2,1-3H3. The van der Waals surface area contributed by atoms with Gasteiger partial charge in [0, 0.05) is 18.0 Å². The quantitative estimate of drug-likeness (QED) is 0.428. The van der Waals surface area contributed by atoms with Gasteiger partial charge < -0.3 is 9.64 Å². The fraction of sp³-hybridized carbons (Fsp3) is 0.458. The van der Waals surface area contributed by atoms with Gasteiger partial charge in [-0.3, -0.25) is 14.2 Å². The number of hydrogen-bond acceptors (Lipinski definition) is 6. The van der Waals surface area contributed by atoms with E-state index in [1.54, 1.807) is 15.9 Å². The van der Waals surface area contributed by atoms with E-state index in [4.69, 9.17) is 9.72 Å². The average Bonchev–Trinajstić information content (AvgIpc) is 3.36. The van der Waals surface area contributed by atoms with Gasteiger partial charge in [0.1, 0.15) is 4.83 Å². The molecule has 168 valence electrons. The zero-order valence-electron chi connectivity index (χ0n) is 18.6. The van der Waals surface area contributed by atoms with Crippen molar-refractivity contribution in [2.75, 3.05) is 26.3 Å². The summed E-state index contributed by atoms with van der Waals surface area (Å²) < 4.78 is 7.12. The van der Waals surface area contributed by atoms with Crippen LogP contribution in [0.25, 0.3) is 15.9 Å². The fourth-order valence-corrected chi connectivity index (χ4v) is 6.93. The summed E-state index contributed by atoms with van der Waals surface area (Å²) in [5.74, 6) is 0.0634. The summed E-state index contributed by atoms with van der Waals surface area (Å²) in [6.45, 7) is 8.33. The number of rotatable bonds is 4. The Labute approximate surface area is 195 Å². The van der Waals surface area contributed by atoms with Crippen molar-refractivity contribution in [3.63, 3.8) is 0 Å². The summed E-state index contributed by atoms with van der Waals surface area (Å²) in [5.41, 5.74) is 4.16. The normalized spacial score (nSPS) is 17.0. The lowest BCUT2D eigenvalue weighted by molar-refractivity contribution is -0.134. The highest BCUT2D eigenvalue weighted by Crippen LogP contribution is 2.37. The Morgan fingerprint density at radius 3 is 2.75 bits per heavy atom. The first kappa shape index (κ1) is 21.7. The Balaban J connectivity index is 1.62. The SMILES string of the molecule is Cc1ccc(-n2c(SC(C)C(=O)N3CCOCC3)nc3sc4c(c3c2=O)CCC4)c(C)c1. The Hall–Kier alpha value is -2.16. The van der Waals surface area contributed by atoms with Crippen LogP contribution in [0.1, 0.15) is 34.9 Å². The Bertz CT molecular complexity index is 1260. The molecule has 6 nitrogen and oxygen atoms in total. The summed E-state index contributed by atoms with van der Waals surface area (Å²) in [4.78, 5) is 35.8. The van der Waals surface area contributed by atoms with Crippen LogP contribution in [0.5, 0.6) is 0 Å². The molecule has 0 spiro atoms. The highest BCUT2D eigenvalue weighted by atomic mass is 32.2. The molecule has 0 saturated carbocycles. The summed E-state index contributed by atoms with van der Waals surface area (Å²) in [6, 6.07) is 6.10. The van der Waals surface area contributed by atoms with Crippen molar-refractivity contribution in [1.82, 2.24) is 14.5 Å². The van der Waals surface area contributed by atoms with Crippen LogP contribution in [-0.4, -0.2) is 51.9 Å². The number of aromatic nitrogens is 2. The maximum Gasteiger partial charge on any atom is 0.267 e. The molecule has 0 N–H and O–H groups in total. The molecule has 1 amide bonds. The Morgan fingerprint density at radius 2 is 2.00 bits per heavy atom. The predicted molar refractivity (Wildman–Crippen MR) is 129 cm³/mol. The van der Waals surface area contributed by atoms with E-state index < -0.39 is 0 Å². The molecule has 5 rings (SSSR count). The smallest absolute Gasteiger partial charge is 0.267 e. The van der Waals surface area contributed by atoms with Crippen LogP contribution in [-0.2, 0) is 22.4 Å². The number of benzene rings is 1. The number of fused-ring (bicyclic) bond motifs is 3. The number of thiophene rings is 1. The summed E-state index contributed by atoms with van der Waals surface area (Å²) >= 11 is 3.02. The van der Waals surface area contributed by atoms with Crippen LogP contribution >= 0.6 is 23.1 Å². The molecule has 1 saturated heterocycles. The van der Waals surface area contributed by atoms with Gasteiger partial charge in [0.2, 0.25) is 5.91 Å². The number of thioether (sulfide) groups is 1. The topological polar surface area (TPSA) is 64.4 Å². The van der Waals surface area contributed by atoms with Crippen LogP contribution in [0.3, 0.4) is 0 Å². The molecular formula is C24H27N3O3S2. The van der Waals surface area contributed by atoms with Gasteiger partial charge in [-0.2, -0.15) is 0 Å². The van der Waals surface area contributed by atoms with E-state index in [9.17, 15) is 9.59 Å². The molecule has 3 aromatic rings. The van der Waals surface area contributed by atoms with Crippen molar-refractivity contribution in [1.29, 1.82) is 0 Å². The molecule has 1 aliphatic heterocycles. The lowest BCUT2D eigenvalue weighted by Gasteiger charge is -2.29. The van der Waals surface area contributed by atoms with Gasteiger partial charge in [-0.1, -0.05) is 29.5 Å². The molecule has 8 heteroatoms. The van der Waals surface area contributed by atoms with Crippen LogP contribution in [0, 0.1) is 13.8 Å². The average molecular weight is 470 g/mol. The number of carbonyl (C=O) groups is 1. The Morgan fingerprint density at radius 1 is 1.22 bits per heavy atom. The number of morpholine rings is 1. The van der Waals surface area contributed by atoms with Crippen molar-refractivity contribution < 1.29 is 9.53 Å². The van der Waals surface area contributed by atoms with Crippen LogP contribution in [0.2, 0.25) is 0 Å². The monoisotopic (exact) mass is 469 g/mol. The third-order valence-corrected chi connectivity index (χ3v) is 8.48. The van der Waals surface area contributed by atoms with E-state index in [2.05, 4.69) is 6.07 Å². The van der Waals surface area contributed by atoms with Gasteiger partial charge in [-0.15, -0.1) is 11.3 Å². The van der Waals surface area contributed by atoms with E-state index in [0.29, 0.717) is 31.5 Å². The number of amides is 1. The number of nitrogens with zero attached hydrogens (tertiary/aromatic N) is 3. The molecule has 1 aliphatic carbocycles. The molecule has 1 aromatic carbocycles. The van der Waals surface area contributed by atoms with Crippen molar-refractivity contribution in [2.24, 2.45) is 0 Å². The van der Waals surface area contributed by atoms with Gasteiger partial charge in [0.25, 0.3) is 5.56 Å². The molecule has 0 bridgehead atoms. The molecule has 0 radical (unpaired) electrons. The third kappa shape index (κ3) is 3.78. The molecule has 3 heterocycles. The minimum atomic E-state index is -0.346. The summed E-state index contributed by atoms with van der Waals surface area (Å²) in [5, 5.41) is 1.00. The zero-order chi connectivity index (χ0) is 22.4. The summed E-state index contributed by atoms with van der Waals surface area (Å²) in [6.07, 6.45) is 3.06. The van der Waals surface area contributed by atoms with Gasteiger partial charge in [0.05, 0.1) is 29.5 Å². The Kier molecular flexibility index (Phi) is 5.86. The first-order valence-corrected chi connectivity index (χ1v) is 12.8. The molecule has 32 heavy (non-hydrogen) atoms. The number of aryl methyl sites for hydroxylation is 4. The van der Waals surface area contributed by atoms with E-state index >= 15 is 0 Å². The van der Waals surface area contributed by atoms with E-state index in [0.717, 1.165) is 46.3 Å². The van der Waals surface area contributed by atoms with E-state index in [1.165, 1.54) is 22.2 Å². The minimum Gasteiger partial charge on any atom is -0.378 e. The van der Waals surface area contributed by atoms with E-state index in [1.807, 2.05) is 37.8 Å². The van der Waals surface area contributed by atoms with Crippen molar-refractivity contribution in [3.8, 4) is 5.69 Å². The minimum absolute atomic E-state index is 0.0186. The van der Waals surface area contributed by atoms with Gasteiger partial charge in [-0.25, -0.2) is 4.98 Å². The predicted octanol–water partition coefficient (Wildman–Crippen LogP) is 3.89. The number of hydrogen-bond donors (Lipinski definition) is 0. The summed E-state index contributed by atoms with van der Waals surface area (Å²) in [7, 11) is 0. The second-order valence-corrected chi connectivity index (χ2v) is 11.0. The highest BCUT2D eigenvalue weighted by molar-refractivity contribution is 8.00. The zero-order valence-corrected chi connectivity index (χ0v) is 20.3. The highest BCUT2D eigenvalue weighted by Gasteiger charge is 2.28. The molecule has 1 atom stereocenters. The first-order valence-electron chi connectivity index (χ1n) is 11.1. The van der Waals surface area contributed by atoms with Crippen molar-refractivity contribution in [3.05, 3.63) is 50.1 Å². The number of carbonyl (C=O) groups excluding carboxylic acids is 1. The fourth-order valence-electron chi connectivity index (χ4n) is 4.62. The second kappa shape index (κ2) is 8.65. The largest absolute Gasteiger partial charge is 0.378 e. The van der Waals surface area contributed by atoms with Gasteiger partial charge in [-0.05, 0) is 57.2 Å². The number of ether oxygens (including phenoxy) is 1. The van der Waals surface area contributed by atoms with Crippen LogP contribution in [0.4, 0.5) is 0 Å². The molecule has 1 unspecified atom stereocenters. The molecule has 2 aliphatic rings. The third-order valence-electron chi connectivity index (χ3n) is 6.25. The first-order chi connectivity index (χ1) is 15.4. The molecular weight excluding hydrogens is 442 g/mol. The second-order valence-electron chi connectivity index (χ2n) is 8.56. The molecule has 2 aromatic heterocycles. The van der Waals surface area contributed by atoms with Gasteiger partial charge >= 0.3 is 0 Å². The maximum atomic E-state index is 13.9. The molecule has 1 fully saturated rings. The van der Waals surface area contributed by atoms with Crippen molar-refractivity contribution >= 4 is 39.2 Å². The lowest BCUT2D eigenvalue weighted by atomic mass is 10.1. The van der Waals surface area contributed by atoms with Gasteiger partial charge in [0.15, 0.2) is 5.16 Å². The lowest BCUT2D eigenvalue weighted by Crippen LogP contribution is -2.44. The maximum absolute atomic E-state index is 13.9. The van der Waals surface area contributed by atoms with Crippen LogP contribution < -0.4 is 5.56 Å². The van der Waals surface area contributed by atoms with E-state index in [-0.39, 0.29) is 16.7 Å². The van der Waals surface area contributed by atoms with Crippen LogP contribution in [0.15, 0.2) is 28.2 Å². The van der Waals surface area contributed by atoms with Crippen molar-refractivity contribution in [2.45, 2.75) is 50.4 Å².